The van der Waals surface area contributed by atoms with E-state index in [-0.39, 0.29) is 11.5 Å². The molecule has 1 unspecified atom stereocenters. The van der Waals surface area contributed by atoms with Crippen molar-refractivity contribution in [3.63, 3.8) is 0 Å². The Morgan fingerprint density at radius 2 is 1.56 bits per heavy atom. The second-order valence-corrected chi connectivity index (χ2v) is 15.1. The third-order valence-corrected chi connectivity index (χ3v) is 7.24. The number of carbonyl (C=O) groups excluding carboxylic acids is 1. The van der Waals surface area contributed by atoms with Gasteiger partial charge in [-0.15, -0.1) is 0 Å². The van der Waals surface area contributed by atoms with Crippen LogP contribution in [0.2, 0.25) is 13.1 Å². The number of hydrogen-bond acceptors (Lipinski definition) is 5. The predicted octanol–water partition coefficient (Wildman–Crippen LogP) is 5.81. The maximum atomic E-state index is 13.5. The third kappa shape index (κ3) is 5.45. The topological polar surface area (TPSA) is 58.9 Å². The summed E-state index contributed by atoms with van der Waals surface area (Å²) in [6, 6.07) is 8.17. The molecule has 2 aromatic rings. The van der Waals surface area contributed by atoms with Crippen LogP contribution >= 0.6 is 0 Å². The van der Waals surface area contributed by atoms with Crippen molar-refractivity contribution in [2.45, 2.75) is 105 Å². The van der Waals surface area contributed by atoms with Crippen molar-refractivity contribution in [3.05, 3.63) is 29.8 Å². The third-order valence-electron chi connectivity index (χ3n) is 6.43. The van der Waals surface area contributed by atoms with Gasteiger partial charge in [-0.2, -0.15) is 0 Å². The number of benzene rings is 1. The minimum Gasteiger partial charge on any atom is -0.443 e. The average molecular weight is 488 g/mol. The highest BCUT2D eigenvalue weighted by Crippen LogP contribution is 2.39. The number of hydrogen-bond donors (Lipinski definition) is 0. The Kier molecular flexibility index (Phi) is 6.99. The van der Waals surface area contributed by atoms with Crippen LogP contribution in [0.5, 0.6) is 0 Å². The average Bonchev–Trinajstić information content (AvgIpc) is 3.10. The lowest BCUT2D eigenvalue weighted by Gasteiger charge is -2.33. The number of carbonyl (C=O) groups is 1. The molecule has 1 aromatic heterocycles. The molecule has 6 nitrogen and oxygen atoms in total. The summed E-state index contributed by atoms with van der Waals surface area (Å²) in [5.74, 6) is 0. The zero-order valence-electron chi connectivity index (χ0n) is 23.0. The smallest absolute Gasteiger partial charge is 0.443 e. The monoisotopic (exact) mass is 487 g/mol. The Balaban J connectivity index is 2.19. The van der Waals surface area contributed by atoms with Crippen molar-refractivity contribution in [2.75, 3.05) is 0 Å². The van der Waals surface area contributed by atoms with Crippen LogP contribution in [0.1, 0.15) is 80.9 Å². The van der Waals surface area contributed by atoms with Gasteiger partial charge >= 0.3 is 13.2 Å². The fourth-order valence-electron chi connectivity index (χ4n) is 4.11. The van der Waals surface area contributed by atoms with E-state index in [0.29, 0.717) is 5.59 Å². The summed E-state index contributed by atoms with van der Waals surface area (Å²) in [7, 11) is -1.99. The first kappa shape index (κ1) is 27.0. The van der Waals surface area contributed by atoms with E-state index >= 15 is 0 Å². The Hall–Kier alpha value is -1.61. The molecule has 34 heavy (non-hydrogen) atoms. The molecule has 1 atom stereocenters. The summed E-state index contributed by atoms with van der Waals surface area (Å²) in [6.45, 7) is 24.5. The number of ether oxygens (including phenoxy) is 1. The van der Waals surface area contributed by atoms with E-state index in [2.05, 4.69) is 46.0 Å². The van der Waals surface area contributed by atoms with E-state index in [0.717, 1.165) is 16.5 Å². The molecule has 8 heteroatoms. The molecule has 0 aliphatic carbocycles. The van der Waals surface area contributed by atoms with Gasteiger partial charge in [-0.3, -0.25) is 4.57 Å². The molecule has 1 aromatic carbocycles. The summed E-state index contributed by atoms with van der Waals surface area (Å²) >= 11 is 0. The van der Waals surface area contributed by atoms with Gasteiger partial charge in [-0.1, -0.05) is 32.9 Å². The summed E-state index contributed by atoms with van der Waals surface area (Å²) in [6.07, 6.45) is -0.526. The molecule has 3 rings (SSSR count). The number of rotatable bonds is 4. The second-order valence-electron chi connectivity index (χ2n) is 12.7. The van der Waals surface area contributed by atoms with Crippen LogP contribution in [0.3, 0.4) is 0 Å². The van der Waals surface area contributed by atoms with E-state index in [1.54, 1.807) is 4.57 Å². The van der Waals surface area contributed by atoms with Crippen LogP contribution in [0, 0.1) is 5.41 Å². The molecule has 0 spiro atoms. The predicted molar refractivity (Wildman–Crippen MR) is 141 cm³/mol. The molecular weight excluding hydrogens is 445 g/mol. The van der Waals surface area contributed by atoms with Crippen LogP contribution in [-0.4, -0.2) is 43.6 Å². The van der Waals surface area contributed by atoms with Gasteiger partial charge < -0.3 is 18.5 Å². The first-order chi connectivity index (χ1) is 15.3. The first-order valence-electron chi connectivity index (χ1n) is 12.2. The molecule has 1 aliphatic heterocycles. The summed E-state index contributed by atoms with van der Waals surface area (Å²) in [4.78, 5) is 13.5. The Morgan fingerprint density at radius 3 is 2.03 bits per heavy atom. The zero-order chi connectivity index (χ0) is 25.9. The highest BCUT2D eigenvalue weighted by atomic mass is 28.3. The minimum absolute atomic E-state index is 0.0779. The fourth-order valence-corrected chi connectivity index (χ4v) is 5.22. The van der Waals surface area contributed by atoms with Crippen LogP contribution in [0.15, 0.2) is 24.3 Å². The molecule has 1 fully saturated rings. The van der Waals surface area contributed by atoms with Crippen molar-refractivity contribution in [3.8, 4) is 0 Å². The van der Waals surface area contributed by atoms with Gasteiger partial charge in [0.05, 0.1) is 28.4 Å². The maximum Gasteiger partial charge on any atom is 0.513 e. The van der Waals surface area contributed by atoms with E-state index in [1.807, 2.05) is 60.6 Å². The van der Waals surface area contributed by atoms with Crippen LogP contribution in [0.25, 0.3) is 10.9 Å². The minimum atomic E-state index is -1.30. The van der Waals surface area contributed by atoms with Crippen molar-refractivity contribution in [1.29, 1.82) is 0 Å². The van der Waals surface area contributed by atoms with Gasteiger partial charge in [-0.05, 0) is 90.1 Å². The normalized spacial score (nSPS) is 19.1. The fraction of sp³-hybridized carbons (Fsp3) is 0.654. The lowest BCUT2D eigenvalue weighted by Crippen LogP contribution is -2.43. The van der Waals surface area contributed by atoms with Gasteiger partial charge in [0.15, 0.2) is 9.04 Å². The molecular formula is C26H42BNO5Si. The van der Waals surface area contributed by atoms with E-state index in [4.69, 9.17) is 18.5 Å². The van der Waals surface area contributed by atoms with Gasteiger partial charge in [0, 0.05) is 0 Å². The van der Waals surface area contributed by atoms with Crippen LogP contribution in [-0.2, 0) is 18.5 Å². The largest absolute Gasteiger partial charge is 0.513 e. The summed E-state index contributed by atoms with van der Waals surface area (Å²) in [5.41, 5.74) is 0.661. The second kappa shape index (κ2) is 8.80. The molecule has 0 amide bonds. The Bertz CT molecular complexity index is 1050. The van der Waals surface area contributed by atoms with Crippen LogP contribution in [0.4, 0.5) is 4.79 Å². The van der Waals surface area contributed by atoms with Gasteiger partial charge in [-0.25, -0.2) is 4.79 Å². The highest BCUT2D eigenvalue weighted by molar-refractivity contribution is 6.62. The number of nitrogens with zero attached hydrogens (tertiary/aromatic N) is 1. The number of fused-ring (bicyclic) bond motifs is 1. The van der Waals surface area contributed by atoms with Crippen molar-refractivity contribution < 1.29 is 23.3 Å². The van der Waals surface area contributed by atoms with Gasteiger partial charge in [0.2, 0.25) is 0 Å². The lowest BCUT2D eigenvalue weighted by atomic mass is 9.84. The Labute approximate surface area is 207 Å². The zero-order valence-corrected chi connectivity index (χ0v) is 24.2. The molecule has 0 radical (unpaired) electrons. The molecule has 1 saturated heterocycles. The van der Waals surface area contributed by atoms with Crippen molar-refractivity contribution in [2.24, 2.45) is 5.41 Å². The maximum absolute atomic E-state index is 13.5. The molecule has 188 valence electrons. The molecule has 0 bridgehead atoms. The quantitative estimate of drug-likeness (QED) is 0.510. The van der Waals surface area contributed by atoms with E-state index in [1.165, 1.54) is 0 Å². The van der Waals surface area contributed by atoms with E-state index in [9.17, 15) is 4.79 Å². The van der Waals surface area contributed by atoms with Crippen LogP contribution < -0.4 is 5.59 Å². The Morgan fingerprint density at radius 1 is 1.00 bits per heavy atom. The standard InChI is InChI=1S/C26H42BNO5Si/c1-23(2,3)21(31-34(11)12)18-14-13-17-16-20(27-32-25(7,8)26(9,10)33-27)28(19(17)15-18)22(29)30-24(4,5)6/h13-16,21,34H,1-12H3. The highest BCUT2D eigenvalue weighted by Gasteiger charge is 2.53. The SMILES string of the molecule is C[SiH](C)OC(c1ccc2cc(B3OC(C)(C)C(C)(C)O3)n(C(=O)OC(C)(C)C)c2c1)C(C)(C)C. The first-order valence-corrected chi connectivity index (χ1v) is 15.0. The van der Waals surface area contributed by atoms with Crippen molar-refractivity contribution in [1.82, 2.24) is 4.57 Å². The molecule has 2 heterocycles. The molecule has 0 saturated carbocycles. The molecule has 1 aliphatic rings. The van der Waals surface area contributed by atoms with E-state index < -0.39 is 39.1 Å². The molecule has 0 N–H and O–H groups in total. The number of aromatic nitrogens is 1. The van der Waals surface area contributed by atoms with Gasteiger partial charge in [0.25, 0.3) is 0 Å². The summed E-state index contributed by atoms with van der Waals surface area (Å²) in [5, 5.41) is 0.925. The van der Waals surface area contributed by atoms with Gasteiger partial charge in [0.1, 0.15) is 5.60 Å². The van der Waals surface area contributed by atoms with Crippen molar-refractivity contribution >= 4 is 38.7 Å². The summed E-state index contributed by atoms with van der Waals surface area (Å²) < 4.78 is 26.5. The lowest BCUT2D eigenvalue weighted by molar-refractivity contribution is 0.00578.